The van der Waals surface area contributed by atoms with Gasteiger partial charge in [-0.25, -0.2) is 0 Å². The molecule has 0 fully saturated rings. The number of halogens is 1. The van der Waals surface area contributed by atoms with Crippen molar-refractivity contribution >= 4 is 34.9 Å². The molecule has 0 heterocycles. The van der Waals surface area contributed by atoms with Crippen molar-refractivity contribution in [2.24, 2.45) is 0 Å². The summed E-state index contributed by atoms with van der Waals surface area (Å²) in [4.78, 5) is 37.8. The molecule has 5 nitrogen and oxygen atoms in total. The minimum absolute atomic E-state index is 0.239. The van der Waals surface area contributed by atoms with Gasteiger partial charge in [0.25, 0.3) is 11.8 Å². The van der Waals surface area contributed by atoms with Crippen LogP contribution in [0.25, 0.3) is 0 Å². The molecule has 3 aromatic carbocycles. The van der Waals surface area contributed by atoms with Gasteiger partial charge in [-0.05, 0) is 55.0 Å². The van der Waals surface area contributed by atoms with Gasteiger partial charge in [0.2, 0.25) is 0 Å². The van der Waals surface area contributed by atoms with Crippen molar-refractivity contribution in [3.63, 3.8) is 0 Å². The molecule has 2 N–H and O–H groups in total. The molecule has 0 aliphatic heterocycles. The number of carbonyl (C=O) groups excluding carboxylic acids is 3. The van der Waals surface area contributed by atoms with Crippen molar-refractivity contribution in [2.75, 3.05) is 12.4 Å². The summed E-state index contributed by atoms with van der Waals surface area (Å²) in [6, 6.07) is 18.2. The van der Waals surface area contributed by atoms with Crippen molar-refractivity contribution in [3.05, 3.63) is 99.6 Å². The minimum atomic E-state index is -0.430. The van der Waals surface area contributed by atoms with Crippen LogP contribution in [-0.2, 0) is 0 Å². The van der Waals surface area contributed by atoms with Crippen molar-refractivity contribution in [1.29, 1.82) is 0 Å². The Bertz CT molecular complexity index is 1090. The van der Waals surface area contributed by atoms with Gasteiger partial charge < -0.3 is 10.6 Å². The molecule has 0 unspecified atom stereocenters. The number of carbonyl (C=O) groups is 3. The van der Waals surface area contributed by atoms with E-state index in [0.717, 1.165) is 0 Å². The van der Waals surface area contributed by atoms with E-state index in [1.807, 2.05) is 0 Å². The van der Waals surface area contributed by atoms with Crippen LogP contribution < -0.4 is 10.6 Å². The van der Waals surface area contributed by atoms with E-state index < -0.39 is 5.91 Å². The summed E-state index contributed by atoms with van der Waals surface area (Å²) in [5.74, 6) is -0.944. The first-order valence-electron chi connectivity index (χ1n) is 8.94. The van der Waals surface area contributed by atoms with Crippen LogP contribution >= 0.6 is 11.6 Å². The lowest BCUT2D eigenvalue weighted by molar-refractivity contribution is 0.0960. The Balaban J connectivity index is 1.93. The number of amides is 2. The summed E-state index contributed by atoms with van der Waals surface area (Å²) < 4.78 is 0. The Hall–Kier alpha value is -3.44. The summed E-state index contributed by atoms with van der Waals surface area (Å²) in [6.07, 6.45) is 0. The lowest BCUT2D eigenvalue weighted by Gasteiger charge is -2.13. The van der Waals surface area contributed by atoms with Gasteiger partial charge in [0, 0.05) is 34.4 Å². The van der Waals surface area contributed by atoms with Crippen LogP contribution in [-0.4, -0.2) is 24.6 Å². The number of rotatable bonds is 5. The standard InChI is InChI=1S/C23H19ClN2O3/c1-14-17(22(28)25-2)8-5-9-20(14)26-23(29)19-7-4-3-6-18(19)21(27)15-10-12-16(24)13-11-15/h3-13H,1-2H3,(H,25,28)(H,26,29). The van der Waals surface area contributed by atoms with Crippen LogP contribution in [0.4, 0.5) is 5.69 Å². The zero-order valence-electron chi connectivity index (χ0n) is 16.0. The second kappa shape index (κ2) is 8.71. The maximum Gasteiger partial charge on any atom is 0.256 e. The van der Waals surface area contributed by atoms with Crippen molar-refractivity contribution in [1.82, 2.24) is 5.32 Å². The van der Waals surface area contributed by atoms with Gasteiger partial charge in [-0.15, -0.1) is 0 Å². The molecule has 0 saturated heterocycles. The number of hydrogen-bond acceptors (Lipinski definition) is 3. The topological polar surface area (TPSA) is 75.3 Å². The molecule has 3 rings (SSSR count). The normalized spacial score (nSPS) is 10.3. The summed E-state index contributed by atoms with van der Waals surface area (Å²) in [5.41, 5.74) is 2.58. The Labute approximate surface area is 173 Å². The largest absolute Gasteiger partial charge is 0.355 e. The highest BCUT2D eigenvalue weighted by molar-refractivity contribution is 6.30. The molecule has 146 valence electrons. The van der Waals surface area contributed by atoms with E-state index in [1.165, 1.54) is 0 Å². The SMILES string of the molecule is CNC(=O)c1cccc(NC(=O)c2ccccc2C(=O)c2ccc(Cl)cc2)c1C. The molecule has 0 saturated carbocycles. The number of benzene rings is 3. The van der Waals surface area contributed by atoms with E-state index >= 15 is 0 Å². The number of anilines is 1. The molecule has 0 radical (unpaired) electrons. The van der Waals surface area contributed by atoms with Crippen molar-refractivity contribution in [3.8, 4) is 0 Å². The van der Waals surface area contributed by atoms with E-state index in [9.17, 15) is 14.4 Å². The van der Waals surface area contributed by atoms with Crippen LogP contribution in [0.2, 0.25) is 5.02 Å². The van der Waals surface area contributed by atoms with Gasteiger partial charge in [0.1, 0.15) is 0 Å². The molecule has 0 aliphatic carbocycles. The molecular weight excluding hydrogens is 388 g/mol. The predicted molar refractivity (Wildman–Crippen MR) is 114 cm³/mol. The third kappa shape index (κ3) is 4.36. The van der Waals surface area contributed by atoms with E-state index in [4.69, 9.17) is 11.6 Å². The zero-order valence-corrected chi connectivity index (χ0v) is 16.7. The highest BCUT2D eigenvalue weighted by Gasteiger charge is 2.19. The van der Waals surface area contributed by atoms with Gasteiger partial charge in [0.05, 0.1) is 5.56 Å². The van der Waals surface area contributed by atoms with E-state index in [1.54, 1.807) is 80.7 Å². The molecule has 0 spiro atoms. The van der Waals surface area contributed by atoms with Crippen LogP contribution in [0.5, 0.6) is 0 Å². The molecule has 3 aromatic rings. The van der Waals surface area contributed by atoms with Crippen LogP contribution in [0.1, 0.15) is 42.2 Å². The molecule has 29 heavy (non-hydrogen) atoms. The van der Waals surface area contributed by atoms with Gasteiger partial charge >= 0.3 is 0 Å². The van der Waals surface area contributed by atoms with E-state index in [2.05, 4.69) is 10.6 Å². The molecule has 2 amide bonds. The molecule has 6 heteroatoms. The van der Waals surface area contributed by atoms with Gasteiger partial charge in [0.15, 0.2) is 5.78 Å². The number of ketones is 1. The lowest BCUT2D eigenvalue weighted by Crippen LogP contribution is -2.21. The summed E-state index contributed by atoms with van der Waals surface area (Å²) in [6.45, 7) is 1.75. The fraction of sp³-hybridized carbons (Fsp3) is 0.0870. The maximum absolute atomic E-state index is 12.9. The average molecular weight is 407 g/mol. The zero-order chi connectivity index (χ0) is 21.0. The first-order chi connectivity index (χ1) is 13.9. The van der Waals surface area contributed by atoms with Crippen molar-refractivity contribution in [2.45, 2.75) is 6.92 Å². The second-order valence-corrected chi connectivity index (χ2v) is 6.83. The van der Waals surface area contributed by atoms with E-state index in [0.29, 0.717) is 27.4 Å². The maximum atomic E-state index is 12.9. The third-order valence-electron chi connectivity index (χ3n) is 4.58. The first-order valence-corrected chi connectivity index (χ1v) is 9.32. The molecule has 0 atom stereocenters. The fourth-order valence-corrected chi connectivity index (χ4v) is 3.10. The van der Waals surface area contributed by atoms with Gasteiger partial charge in [-0.1, -0.05) is 35.9 Å². The second-order valence-electron chi connectivity index (χ2n) is 6.39. The highest BCUT2D eigenvalue weighted by Crippen LogP contribution is 2.22. The Morgan fingerprint density at radius 3 is 2.03 bits per heavy atom. The quantitative estimate of drug-likeness (QED) is 0.613. The monoisotopic (exact) mass is 406 g/mol. The van der Waals surface area contributed by atoms with Crippen molar-refractivity contribution < 1.29 is 14.4 Å². The Morgan fingerprint density at radius 2 is 1.38 bits per heavy atom. The first kappa shape index (κ1) is 20.3. The Kier molecular flexibility index (Phi) is 6.10. The van der Waals surface area contributed by atoms with Crippen LogP contribution in [0, 0.1) is 6.92 Å². The Morgan fingerprint density at radius 1 is 0.759 bits per heavy atom. The third-order valence-corrected chi connectivity index (χ3v) is 4.83. The van der Waals surface area contributed by atoms with Crippen LogP contribution in [0.15, 0.2) is 66.7 Å². The summed E-state index contributed by atoms with van der Waals surface area (Å²) >= 11 is 5.89. The number of nitrogens with one attached hydrogen (secondary N) is 2. The molecule has 0 aliphatic rings. The predicted octanol–water partition coefficient (Wildman–Crippen LogP) is 4.49. The molecular formula is C23H19ClN2O3. The summed E-state index contributed by atoms with van der Waals surface area (Å²) in [7, 11) is 1.55. The summed E-state index contributed by atoms with van der Waals surface area (Å²) in [5, 5.41) is 5.91. The van der Waals surface area contributed by atoms with E-state index in [-0.39, 0.29) is 22.8 Å². The molecule has 0 aromatic heterocycles. The average Bonchev–Trinajstić information content (AvgIpc) is 2.74. The lowest BCUT2D eigenvalue weighted by atomic mass is 9.97. The number of hydrogen-bond donors (Lipinski definition) is 2. The molecule has 0 bridgehead atoms. The van der Waals surface area contributed by atoms with Gasteiger partial charge in [-0.3, -0.25) is 14.4 Å². The smallest absolute Gasteiger partial charge is 0.256 e. The van der Waals surface area contributed by atoms with Gasteiger partial charge in [-0.2, -0.15) is 0 Å². The minimum Gasteiger partial charge on any atom is -0.355 e. The van der Waals surface area contributed by atoms with Crippen LogP contribution in [0.3, 0.4) is 0 Å². The fourth-order valence-electron chi connectivity index (χ4n) is 2.98. The highest BCUT2D eigenvalue weighted by atomic mass is 35.5.